The molecule has 0 aliphatic carbocycles. The smallest absolute Gasteiger partial charge is 0.130 e. The van der Waals surface area contributed by atoms with Gasteiger partial charge in [0.25, 0.3) is 0 Å². The molecule has 0 unspecified atom stereocenters. The molecule has 0 bridgehead atoms. The van der Waals surface area contributed by atoms with Gasteiger partial charge in [-0.1, -0.05) is 49.7 Å². The highest BCUT2D eigenvalue weighted by atomic mass is 35.5. The molecule has 2 N–H and O–H groups in total. The molecule has 0 saturated carbocycles. The maximum atomic E-state index is 6.26. The van der Waals surface area contributed by atoms with E-state index in [1.807, 2.05) is 32.0 Å². The molecule has 5 rings (SSSR count). The van der Waals surface area contributed by atoms with Gasteiger partial charge in [0.05, 0.1) is 23.5 Å². The largest absolute Gasteiger partial charge is 0.371 e. The zero-order valence-electron chi connectivity index (χ0n) is 20.3. The predicted octanol–water partition coefficient (Wildman–Crippen LogP) is 5.41. The Hall–Kier alpha value is -2.08. The molecular weight excluding hydrogens is 430 g/mol. The summed E-state index contributed by atoms with van der Waals surface area (Å²) in [7, 11) is 2.23. The molecule has 3 heterocycles. The Kier molecular flexibility index (Phi) is 7.94. The zero-order chi connectivity index (χ0) is 23.3. The topological polar surface area (TPSA) is 42.9 Å². The molecule has 2 fully saturated rings. The van der Waals surface area contributed by atoms with Crippen molar-refractivity contribution in [1.82, 2.24) is 10.2 Å². The van der Waals surface area contributed by atoms with Crippen LogP contribution in [0.4, 0.5) is 11.4 Å². The molecular formula is C27H38ClN5. The minimum Gasteiger partial charge on any atom is -0.371 e. The van der Waals surface area contributed by atoms with Gasteiger partial charge in [0.1, 0.15) is 5.84 Å². The second kappa shape index (κ2) is 10.9. The van der Waals surface area contributed by atoms with Crippen molar-refractivity contribution in [2.75, 3.05) is 43.4 Å². The van der Waals surface area contributed by atoms with Crippen molar-refractivity contribution in [3.05, 3.63) is 59.1 Å². The maximum absolute atomic E-state index is 6.26. The van der Waals surface area contributed by atoms with E-state index in [2.05, 4.69) is 57.8 Å². The number of nitrogens with one attached hydrogen (secondary N) is 2. The van der Waals surface area contributed by atoms with Crippen LogP contribution < -0.4 is 15.5 Å². The molecule has 33 heavy (non-hydrogen) atoms. The molecule has 2 saturated heterocycles. The van der Waals surface area contributed by atoms with Crippen molar-refractivity contribution in [2.24, 2.45) is 4.99 Å². The molecule has 6 heteroatoms. The minimum atomic E-state index is -0.123. The van der Waals surface area contributed by atoms with Gasteiger partial charge in [0.15, 0.2) is 0 Å². The highest BCUT2D eigenvalue weighted by molar-refractivity contribution is 6.30. The number of aliphatic imine (C=N–C) groups is 1. The Labute approximate surface area is 204 Å². The molecule has 2 aromatic rings. The Morgan fingerprint density at radius 1 is 1.03 bits per heavy atom. The van der Waals surface area contributed by atoms with Crippen molar-refractivity contribution >= 4 is 28.8 Å². The lowest BCUT2D eigenvalue weighted by molar-refractivity contribution is 0.254. The summed E-state index contributed by atoms with van der Waals surface area (Å²) in [6.07, 6.45) is 4.41. The predicted molar refractivity (Wildman–Crippen MR) is 142 cm³/mol. The van der Waals surface area contributed by atoms with Crippen LogP contribution >= 0.6 is 11.6 Å². The first-order valence-corrected chi connectivity index (χ1v) is 12.9. The van der Waals surface area contributed by atoms with E-state index >= 15 is 0 Å². The van der Waals surface area contributed by atoms with Crippen molar-refractivity contribution in [2.45, 2.75) is 57.7 Å². The lowest BCUT2D eigenvalue weighted by Gasteiger charge is -2.52. The van der Waals surface area contributed by atoms with Gasteiger partial charge in [0, 0.05) is 11.1 Å². The molecule has 3 aliphatic rings. The van der Waals surface area contributed by atoms with E-state index in [1.54, 1.807) is 0 Å². The van der Waals surface area contributed by atoms with Gasteiger partial charge in [-0.15, -0.1) is 0 Å². The van der Waals surface area contributed by atoms with Crippen LogP contribution in [0, 0.1) is 0 Å². The van der Waals surface area contributed by atoms with Crippen LogP contribution in [-0.2, 0) is 6.54 Å². The quantitative estimate of drug-likeness (QED) is 0.633. The normalized spacial score (nSPS) is 21.8. The van der Waals surface area contributed by atoms with E-state index in [1.165, 1.54) is 17.2 Å². The Bertz CT molecular complexity index is 945. The van der Waals surface area contributed by atoms with Crippen LogP contribution in [0.25, 0.3) is 0 Å². The third-order valence-corrected chi connectivity index (χ3v) is 7.24. The van der Waals surface area contributed by atoms with Crippen molar-refractivity contribution in [1.29, 1.82) is 0 Å². The number of nitrogens with zero attached hydrogens (tertiary/aromatic N) is 3. The molecule has 0 aromatic heterocycles. The molecule has 0 amide bonds. The Morgan fingerprint density at radius 2 is 1.76 bits per heavy atom. The lowest BCUT2D eigenvalue weighted by atomic mass is 9.82. The number of hydrogen-bond acceptors (Lipinski definition) is 4. The first kappa shape index (κ1) is 24.1. The number of para-hydroxylation sites is 2. The number of likely N-dealkylation sites (tertiary alicyclic amines) is 1. The fraction of sp³-hybridized carbons (Fsp3) is 0.519. The van der Waals surface area contributed by atoms with Gasteiger partial charge in [-0.3, -0.25) is 4.99 Å². The number of piperidine rings is 2. The van der Waals surface area contributed by atoms with E-state index in [-0.39, 0.29) is 5.54 Å². The Morgan fingerprint density at radius 3 is 2.48 bits per heavy atom. The third-order valence-electron chi connectivity index (χ3n) is 7.00. The first-order valence-electron chi connectivity index (χ1n) is 12.5. The third kappa shape index (κ3) is 5.21. The zero-order valence-corrected chi connectivity index (χ0v) is 21.0. The average molecular weight is 468 g/mol. The number of amidine groups is 1. The highest BCUT2D eigenvalue weighted by Gasteiger charge is 2.46. The van der Waals surface area contributed by atoms with Crippen LogP contribution in [0.2, 0.25) is 5.02 Å². The van der Waals surface area contributed by atoms with Crippen LogP contribution in [-0.4, -0.2) is 55.5 Å². The molecule has 5 nitrogen and oxygen atoms in total. The van der Waals surface area contributed by atoms with Crippen molar-refractivity contribution in [3.63, 3.8) is 0 Å². The van der Waals surface area contributed by atoms with Crippen molar-refractivity contribution in [3.8, 4) is 0 Å². The second-order valence-electron chi connectivity index (χ2n) is 9.15. The van der Waals surface area contributed by atoms with Crippen LogP contribution in [0.3, 0.4) is 0 Å². The number of rotatable bonds is 3. The summed E-state index contributed by atoms with van der Waals surface area (Å²) in [5, 5.41) is 8.26. The number of anilines is 2. The summed E-state index contributed by atoms with van der Waals surface area (Å²) >= 11 is 6.26. The minimum absolute atomic E-state index is 0.123. The Balaban J connectivity index is 0.00000126. The van der Waals surface area contributed by atoms with Gasteiger partial charge in [0.2, 0.25) is 0 Å². The monoisotopic (exact) mass is 467 g/mol. The van der Waals surface area contributed by atoms with E-state index in [4.69, 9.17) is 16.6 Å². The molecule has 178 valence electrons. The summed E-state index contributed by atoms with van der Waals surface area (Å²) in [5.41, 5.74) is 3.55. The van der Waals surface area contributed by atoms with Crippen LogP contribution in [0.5, 0.6) is 0 Å². The van der Waals surface area contributed by atoms with Gasteiger partial charge in [-0.2, -0.15) is 0 Å². The maximum Gasteiger partial charge on any atom is 0.130 e. The van der Waals surface area contributed by atoms with Crippen LogP contribution in [0.15, 0.2) is 53.5 Å². The van der Waals surface area contributed by atoms with Gasteiger partial charge in [-0.05, 0) is 88.7 Å². The SMILES string of the molecule is CC.CN1CCC(N2C(=NCc3cccc(Cl)c3)C3(CCNCC3)Nc3ccccc32)CC1. The summed E-state index contributed by atoms with van der Waals surface area (Å²) in [5.74, 6) is 1.21. The number of halogens is 1. The summed E-state index contributed by atoms with van der Waals surface area (Å²) < 4.78 is 0. The standard InChI is InChI=1S/C25H32ClN5.C2H6/c1-30-15-9-21(10-16-30)31-23-8-3-2-7-22(23)29-25(11-13-27-14-12-25)24(31)28-18-19-5-4-6-20(26)17-19;1-2/h2-8,17,21,27,29H,9-16,18H2,1H3;1-2H3. The molecule has 1 spiro atoms. The second-order valence-corrected chi connectivity index (χ2v) is 9.58. The molecule has 0 radical (unpaired) electrons. The van der Waals surface area contributed by atoms with Gasteiger partial charge < -0.3 is 20.4 Å². The average Bonchev–Trinajstić information content (AvgIpc) is 2.85. The summed E-state index contributed by atoms with van der Waals surface area (Å²) in [4.78, 5) is 10.4. The number of hydrogen-bond donors (Lipinski definition) is 2. The highest BCUT2D eigenvalue weighted by Crippen LogP contribution is 2.42. The van der Waals surface area contributed by atoms with Gasteiger partial charge >= 0.3 is 0 Å². The van der Waals surface area contributed by atoms with Crippen molar-refractivity contribution < 1.29 is 0 Å². The fourth-order valence-corrected chi connectivity index (χ4v) is 5.51. The number of fused-ring (bicyclic) bond motifs is 1. The van der Waals surface area contributed by atoms with Gasteiger partial charge in [-0.25, -0.2) is 0 Å². The molecule has 2 aromatic carbocycles. The van der Waals surface area contributed by atoms with E-state index < -0.39 is 0 Å². The van der Waals surface area contributed by atoms with E-state index in [0.717, 1.165) is 62.4 Å². The summed E-state index contributed by atoms with van der Waals surface area (Å²) in [6, 6.07) is 17.3. The first-order chi connectivity index (χ1) is 16.1. The summed E-state index contributed by atoms with van der Waals surface area (Å²) in [6.45, 7) is 8.93. The van der Waals surface area contributed by atoms with E-state index in [9.17, 15) is 0 Å². The molecule has 3 aliphatic heterocycles. The van der Waals surface area contributed by atoms with E-state index in [0.29, 0.717) is 12.6 Å². The fourth-order valence-electron chi connectivity index (χ4n) is 5.30. The lowest BCUT2D eigenvalue weighted by Crippen LogP contribution is -2.64. The number of benzene rings is 2. The molecule has 0 atom stereocenters. The van der Waals surface area contributed by atoms with Crippen LogP contribution in [0.1, 0.15) is 45.1 Å².